The number of fused-ring (bicyclic) bond motifs is 1. The van der Waals surface area contributed by atoms with Gasteiger partial charge in [0.2, 0.25) is 5.91 Å². The van der Waals surface area contributed by atoms with Gasteiger partial charge in [-0.05, 0) is 25.0 Å². The molecule has 2 amide bonds. The van der Waals surface area contributed by atoms with Crippen molar-refractivity contribution in [1.29, 1.82) is 5.26 Å². The Hall–Kier alpha value is -3.01. The van der Waals surface area contributed by atoms with Gasteiger partial charge in [0.05, 0.1) is 29.9 Å². The van der Waals surface area contributed by atoms with Crippen LogP contribution in [0.2, 0.25) is 0 Å². The van der Waals surface area contributed by atoms with Crippen molar-refractivity contribution >= 4 is 22.7 Å². The molecule has 0 radical (unpaired) electrons. The van der Waals surface area contributed by atoms with Crippen LogP contribution >= 0.6 is 0 Å². The summed E-state index contributed by atoms with van der Waals surface area (Å²) in [6, 6.07) is 5.05. The van der Waals surface area contributed by atoms with Crippen LogP contribution in [0.25, 0.3) is 10.9 Å². The topological polar surface area (TPSA) is 99.0 Å². The van der Waals surface area contributed by atoms with Crippen LogP contribution in [0.4, 0.5) is 0 Å². The molecule has 2 aromatic rings. The van der Waals surface area contributed by atoms with Gasteiger partial charge in [0, 0.05) is 24.3 Å². The van der Waals surface area contributed by atoms with E-state index in [1.54, 1.807) is 24.5 Å². The summed E-state index contributed by atoms with van der Waals surface area (Å²) >= 11 is 0. The molecule has 0 bridgehead atoms. The number of amides is 2. The summed E-state index contributed by atoms with van der Waals surface area (Å²) in [5.74, 6) is -0.577. The molecule has 1 fully saturated rings. The largest absolute Gasteiger partial charge is 0.343 e. The number of nitrogens with one attached hydrogen (secondary N) is 1. The number of carbonyl (C=O) groups excluding carboxylic acids is 2. The first-order chi connectivity index (χ1) is 11.2. The van der Waals surface area contributed by atoms with E-state index in [0.717, 1.165) is 6.42 Å². The maximum absolute atomic E-state index is 12.3. The van der Waals surface area contributed by atoms with E-state index < -0.39 is 0 Å². The maximum atomic E-state index is 12.3. The molecular formula is C16H15N5O2. The molecular weight excluding hydrogens is 294 g/mol. The van der Waals surface area contributed by atoms with E-state index in [4.69, 9.17) is 5.26 Å². The summed E-state index contributed by atoms with van der Waals surface area (Å²) in [6.45, 7) is 0.447. The van der Waals surface area contributed by atoms with Gasteiger partial charge < -0.3 is 10.2 Å². The molecule has 3 heterocycles. The SMILES string of the molecule is N#CC1CCCN1C(=O)CNC(=O)c1ccnc2cnccc12. The highest BCUT2D eigenvalue weighted by molar-refractivity contribution is 6.06. The minimum absolute atomic E-state index is 0.119. The lowest BCUT2D eigenvalue weighted by atomic mass is 10.1. The van der Waals surface area contributed by atoms with Crippen molar-refractivity contribution in [2.24, 2.45) is 0 Å². The molecule has 0 spiro atoms. The van der Waals surface area contributed by atoms with Crippen molar-refractivity contribution in [2.75, 3.05) is 13.1 Å². The van der Waals surface area contributed by atoms with Crippen molar-refractivity contribution in [3.63, 3.8) is 0 Å². The van der Waals surface area contributed by atoms with E-state index in [-0.39, 0.29) is 24.4 Å². The summed E-state index contributed by atoms with van der Waals surface area (Å²) in [6.07, 6.45) is 6.22. The molecule has 7 heteroatoms. The van der Waals surface area contributed by atoms with Crippen LogP contribution in [0.3, 0.4) is 0 Å². The fraction of sp³-hybridized carbons (Fsp3) is 0.312. The van der Waals surface area contributed by atoms with Crippen molar-refractivity contribution in [3.8, 4) is 6.07 Å². The number of aromatic nitrogens is 2. The smallest absolute Gasteiger partial charge is 0.252 e. The standard InChI is InChI=1S/C16H15N5O2/c17-8-11-2-1-7-21(11)15(22)10-20-16(23)13-4-6-19-14-9-18-5-3-12(13)14/h3-6,9,11H,1-2,7,10H2,(H,20,23). The number of likely N-dealkylation sites (tertiary alicyclic amines) is 1. The van der Waals surface area contributed by atoms with Crippen molar-refractivity contribution in [2.45, 2.75) is 18.9 Å². The molecule has 0 saturated carbocycles. The van der Waals surface area contributed by atoms with Crippen LogP contribution in [-0.2, 0) is 4.79 Å². The Morgan fingerprint density at radius 1 is 1.39 bits per heavy atom. The maximum Gasteiger partial charge on any atom is 0.252 e. The number of nitriles is 1. The van der Waals surface area contributed by atoms with Gasteiger partial charge in [-0.15, -0.1) is 0 Å². The quantitative estimate of drug-likeness (QED) is 0.907. The lowest BCUT2D eigenvalue weighted by molar-refractivity contribution is -0.130. The molecule has 1 atom stereocenters. The van der Waals surface area contributed by atoms with Crippen LogP contribution in [0.1, 0.15) is 23.2 Å². The van der Waals surface area contributed by atoms with Gasteiger partial charge in [-0.25, -0.2) is 0 Å². The van der Waals surface area contributed by atoms with Crippen LogP contribution in [0, 0.1) is 11.3 Å². The third-order valence-corrected chi connectivity index (χ3v) is 3.91. The van der Waals surface area contributed by atoms with Gasteiger partial charge in [0.15, 0.2) is 0 Å². The molecule has 0 aromatic carbocycles. The summed E-state index contributed by atoms with van der Waals surface area (Å²) < 4.78 is 0. The Labute approximate surface area is 132 Å². The van der Waals surface area contributed by atoms with Gasteiger partial charge in [-0.3, -0.25) is 19.6 Å². The zero-order valence-electron chi connectivity index (χ0n) is 12.4. The first-order valence-electron chi connectivity index (χ1n) is 7.36. The summed E-state index contributed by atoms with van der Waals surface area (Å²) in [7, 11) is 0. The Morgan fingerprint density at radius 2 is 2.26 bits per heavy atom. The van der Waals surface area contributed by atoms with E-state index in [0.29, 0.717) is 29.4 Å². The van der Waals surface area contributed by atoms with E-state index in [2.05, 4.69) is 21.4 Å². The predicted molar refractivity (Wildman–Crippen MR) is 82.2 cm³/mol. The van der Waals surface area contributed by atoms with E-state index in [1.807, 2.05) is 0 Å². The Balaban J connectivity index is 1.70. The number of rotatable bonds is 3. The van der Waals surface area contributed by atoms with Gasteiger partial charge in [-0.2, -0.15) is 5.26 Å². The Morgan fingerprint density at radius 3 is 3.09 bits per heavy atom. The minimum atomic E-state index is -0.382. The third kappa shape index (κ3) is 2.97. The van der Waals surface area contributed by atoms with Gasteiger partial charge in [-0.1, -0.05) is 0 Å². The molecule has 7 nitrogen and oxygen atoms in total. The molecule has 2 aromatic heterocycles. The average Bonchev–Trinajstić information content (AvgIpc) is 3.07. The average molecular weight is 309 g/mol. The third-order valence-electron chi connectivity index (χ3n) is 3.91. The normalized spacial score (nSPS) is 17.0. The highest BCUT2D eigenvalue weighted by atomic mass is 16.2. The minimum Gasteiger partial charge on any atom is -0.343 e. The summed E-state index contributed by atoms with van der Waals surface area (Å²) in [5, 5.41) is 12.3. The van der Waals surface area contributed by atoms with Crippen LogP contribution in [-0.4, -0.2) is 45.8 Å². The lowest BCUT2D eigenvalue weighted by Gasteiger charge is -2.19. The highest BCUT2D eigenvalue weighted by Crippen LogP contribution is 2.17. The second-order valence-electron chi connectivity index (χ2n) is 5.31. The van der Waals surface area contributed by atoms with Crippen molar-refractivity contribution < 1.29 is 9.59 Å². The number of pyridine rings is 2. The van der Waals surface area contributed by atoms with Crippen LogP contribution in [0.15, 0.2) is 30.7 Å². The van der Waals surface area contributed by atoms with Crippen LogP contribution < -0.4 is 5.32 Å². The summed E-state index contributed by atoms with van der Waals surface area (Å²) in [5.41, 5.74) is 1.07. The Kier molecular flexibility index (Phi) is 4.15. The summed E-state index contributed by atoms with van der Waals surface area (Å²) in [4.78, 5) is 34.1. The number of nitrogens with zero attached hydrogens (tertiary/aromatic N) is 4. The second kappa shape index (κ2) is 6.40. The zero-order chi connectivity index (χ0) is 16.2. The van der Waals surface area contributed by atoms with E-state index >= 15 is 0 Å². The number of carbonyl (C=O) groups is 2. The lowest BCUT2D eigenvalue weighted by Crippen LogP contribution is -2.42. The fourth-order valence-electron chi connectivity index (χ4n) is 2.75. The van der Waals surface area contributed by atoms with Gasteiger partial charge in [0.25, 0.3) is 5.91 Å². The first kappa shape index (κ1) is 14.9. The molecule has 1 N–H and O–H groups in total. The van der Waals surface area contributed by atoms with E-state index in [9.17, 15) is 9.59 Å². The van der Waals surface area contributed by atoms with Crippen LogP contribution in [0.5, 0.6) is 0 Å². The molecule has 116 valence electrons. The molecule has 23 heavy (non-hydrogen) atoms. The zero-order valence-corrected chi connectivity index (χ0v) is 12.4. The number of hydrogen-bond donors (Lipinski definition) is 1. The second-order valence-corrected chi connectivity index (χ2v) is 5.31. The monoisotopic (exact) mass is 309 g/mol. The molecule has 1 unspecified atom stereocenters. The fourth-order valence-corrected chi connectivity index (χ4v) is 2.75. The van der Waals surface area contributed by atoms with Crippen molar-refractivity contribution in [3.05, 3.63) is 36.3 Å². The first-order valence-corrected chi connectivity index (χ1v) is 7.36. The van der Waals surface area contributed by atoms with E-state index in [1.165, 1.54) is 11.1 Å². The Bertz CT molecular complexity index is 793. The molecule has 1 saturated heterocycles. The van der Waals surface area contributed by atoms with Crippen molar-refractivity contribution in [1.82, 2.24) is 20.2 Å². The molecule has 0 aliphatic carbocycles. The van der Waals surface area contributed by atoms with Gasteiger partial charge in [0.1, 0.15) is 6.04 Å². The predicted octanol–water partition coefficient (Wildman–Crippen LogP) is 0.874. The number of hydrogen-bond acceptors (Lipinski definition) is 5. The molecule has 3 rings (SSSR count). The molecule has 1 aliphatic rings. The highest BCUT2D eigenvalue weighted by Gasteiger charge is 2.28. The van der Waals surface area contributed by atoms with Gasteiger partial charge >= 0.3 is 0 Å². The molecule has 1 aliphatic heterocycles.